The van der Waals surface area contributed by atoms with Crippen molar-refractivity contribution in [3.05, 3.63) is 22.2 Å². The Labute approximate surface area is 136 Å². The van der Waals surface area contributed by atoms with Crippen molar-refractivity contribution in [2.45, 2.75) is 18.9 Å². The van der Waals surface area contributed by atoms with Crippen molar-refractivity contribution >= 4 is 27.8 Å². The van der Waals surface area contributed by atoms with Gasteiger partial charge in [0.25, 0.3) is 0 Å². The summed E-state index contributed by atoms with van der Waals surface area (Å²) in [6.45, 7) is 0.313. The Kier molecular flexibility index (Phi) is 7.13. The third kappa shape index (κ3) is 5.19. The number of halogens is 1. The number of carboxylic acid groups (broad SMARTS) is 1. The molecule has 0 aromatic heterocycles. The zero-order chi connectivity index (χ0) is 16.7. The van der Waals surface area contributed by atoms with Crippen molar-refractivity contribution in [2.75, 3.05) is 20.8 Å². The fourth-order valence-corrected chi connectivity index (χ4v) is 2.34. The molecule has 0 aliphatic carbocycles. The fraction of sp³-hybridized carbons (Fsp3) is 0.429. The van der Waals surface area contributed by atoms with Crippen LogP contribution >= 0.6 is 15.9 Å². The lowest BCUT2D eigenvalue weighted by atomic mass is 10.1. The van der Waals surface area contributed by atoms with E-state index >= 15 is 0 Å². The number of hydrogen-bond donors (Lipinski definition) is 3. The molecule has 8 heteroatoms. The summed E-state index contributed by atoms with van der Waals surface area (Å²) in [6, 6.07) is 2.54. The highest BCUT2D eigenvalue weighted by molar-refractivity contribution is 9.10. The van der Waals surface area contributed by atoms with E-state index in [1.807, 2.05) is 6.07 Å². The molecule has 0 saturated carbocycles. The van der Waals surface area contributed by atoms with E-state index in [9.17, 15) is 9.59 Å². The number of aliphatic carboxylic acids is 1. The van der Waals surface area contributed by atoms with Gasteiger partial charge in [0.1, 0.15) is 11.5 Å². The number of methoxy groups -OCH3 is 2. The first-order valence-electron chi connectivity index (χ1n) is 6.54. The standard InChI is InChI=1S/C14H19BrN2O5/c1-21-11-6-9(15)12(22-2)5-8(11)3-4-17-14(20)10(16)7-13(18)19/h5-6,10H,3-4,7,16H2,1-2H3,(H,17,20)(H,18,19)/t10-/m0/s1. The van der Waals surface area contributed by atoms with Crippen molar-refractivity contribution in [1.82, 2.24) is 5.32 Å². The minimum atomic E-state index is -1.11. The van der Waals surface area contributed by atoms with E-state index in [-0.39, 0.29) is 0 Å². The highest BCUT2D eigenvalue weighted by Crippen LogP contribution is 2.32. The predicted molar refractivity (Wildman–Crippen MR) is 84.2 cm³/mol. The van der Waals surface area contributed by atoms with E-state index in [0.29, 0.717) is 24.5 Å². The van der Waals surface area contributed by atoms with E-state index in [1.54, 1.807) is 20.3 Å². The van der Waals surface area contributed by atoms with Crippen LogP contribution in [0.4, 0.5) is 0 Å². The molecule has 0 aliphatic heterocycles. The van der Waals surface area contributed by atoms with Gasteiger partial charge in [-0.2, -0.15) is 0 Å². The first-order valence-corrected chi connectivity index (χ1v) is 7.33. The van der Waals surface area contributed by atoms with Crippen LogP contribution in [0.25, 0.3) is 0 Å². The molecular weight excluding hydrogens is 356 g/mol. The normalized spacial score (nSPS) is 11.6. The van der Waals surface area contributed by atoms with Crippen molar-refractivity contribution in [3.63, 3.8) is 0 Å². The smallest absolute Gasteiger partial charge is 0.305 e. The number of ether oxygens (including phenoxy) is 2. The minimum absolute atomic E-state index is 0.313. The van der Waals surface area contributed by atoms with Crippen LogP contribution in [0.3, 0.4) is 0 Å². The Balaban J connectivity index is 2.64. The van der Waals surface area contributed by atoms with E-state index in [4.69, 9.17) is 20.3 Å². The molecule has 0 aliphatic rings. The van der Waals surface area contributed by atoms with Crippen molar-refractivity contribution in [2.24, 2.45) is 5.73 Å². The molecule has 4 N–H and O–H groups in total. The molecule has 1 rings (SSSR count). The highest BCUT2D eigenvalue weighted by atomic mass is 79.9. The molecule has 0 heterocycles. The summed E-state index contributed by atoms with van der Waals surface area (Å²) in [5, 5.41) is 11.2. The molecule has 0 fully saturated rings. The summed E-state index contributed by atoms with van der Waals surface area (Å²) in [6.07, 6.45) is 0.0968. The summed E-state index contributed by atoms with van der Waals surface area (Å²) < 4.78 is 11.3. The lowest BCUT2D eigenvalue weighted by molar-refractivity contribution is -0.139. The summed E-state index contributed by atoms with van der Waals surface area (Å²) in [5.41, 5.74) is 6.33. The zero-order valence-electron chi connectivity index (χ0n) is 12.4. The van der Waals surface area contributed by atoms with Gasteiger partial charge in [-0.05, 0) is 40.0 Å². The first kappa shape index (κ1) is 18.2. The molecule has 0 bridgehead atoms. The molecule has 0 unspecified atom stereocenters. The van der Waals surface area contributed by atoms with E-state index in [2.05, 4.69) is 21.2 Å². The van der Waals surface area contributed by atoms with Gasteiger partial charge in [-0.15, -0.1) is 0 Å². The van der Waals surface area contributed by atoms with Crippen LogP contribution in [0.2, 0.25) is 0 Å². The van der Waals surface area contributed by atoms with Gasteiger partial charge in [-0.25, -0.2) is 0 Å². The fourth-order valence-electron chi connectivity index (χ4n) is 1.85. The van der Waals surface area contributed by atoms with E-state index in [1.165, 1.54) is 0 Å². The molecule has 1 amide bonds. The summed E-state index contributed by atoms with van der Waals surface area (Å²) in [7, 11) is 3.11. The van der Waals surface area contributed by atoms with Gasteiger partial charge in [0.15, 0.2) is 0 Å². The van der Waals surface area contributed by atoms with Crippen LogP contribution in [0.15, 0.2) is 16.6 Å². The van der Waals surface area contributed by atoms with Gasteiger partial charge >= 0.3 is 5.97 Å². The first-order chi connectivity index (χ1) is 10.4. The van der Waals surface area contributed by atoms with Crippen LogP contribution in [-0.4, -0.2) is 43.8 Å². The molecular formula is C14H19BrN2O5. The van der Waals surface area contributed by atoms with Gasteiger partial charge in [0.2, 0.25) is 5.91 Å². The van der Waals surface area contributed by atoms with Gasteiger partial charge in [0, 0.05) is 6.54 Å². The number of carbonyl (C=O) groups is 2. The minimum Gasteiger partial charge on any atom is -0.496 e. The van der Waals surface area contributed by atoms with Crippen molar-refractivity contribution in [3.8, 4) is 11.5 Å². The Hall–Kier alpha value is -1.80. The second-order valence-electron chi connectivity index (χ2n) is 4.54. The lowest BCUT2D eigenvalue weighted by Gasteiger charge is -2.14. The molecule has 122 valence electrons. The molecule has 7 nitrogen and oxygen atoms in total. The third-order valence-corrected chi connectivity index (χ3v) is 3.60. The Morgan fingerprint density at radius 1 is 1.32 bits per heavy atom. The van der Waals surface area contributed by atoms with Crippen LogP contribution in [-0.2, 0) is 16.0 Å². The number of carboxylic acids is 1. The monoisotopic (exact) mass is 374 g/mol. The molecule has 1 atom stereocenters. The number of benzene rings is 1. The van der Waals surface area contributed by atoms with Crippen molar-refractivity contribution < 1.29 is 24.2 Å². The maximum Gasteiger partial charge on any atom is 0.305 e. The number of rotatable bonds is 8. The molecule has 22 heavy (non-hydrogen) atoms. The largest absolute Gasteiger partial charge is 0.496 e. The zero-order valence-corrected chi connectivity index (χ0v) is 14.0. The second kappa shape index (κ2) is 8.60. The van der Waals surface area contributed by atoms with Crippen LogP contribution in [0.1, 0.15) is 12.0 Å². The summed E-state index contributed by atoms with van der Waals surface area (Å²) >= 11 is 3.37. The van der Waals surface area contributed by atoms with Gasteiger partial charge in [0.05, 0.1) is 31.2 Å². The van der Waals surface area contributed by atoms with Gasteiger partial charge in [-0.1, -0.05) is 0 Å². The summed E-state index contributed by atoms with van der Waals surface area (Å²) in [5.74, 6) is -0.283. The number of nitrogens with one attached hydrogen (secondary N) is 1. The molecule has 0 radical (unpaired) electrons. The van der Waals surface area contributed by atoms with Crippen molar-refractivity contribution in [1.29, 1.82) is 0 Å². The average molecular weight is 375 g/mol. The van der Waals surface area contributed by atoms with E-state index < -0.39 is 24.3 Å². The van der Waals surface area contributed by atoms with Crippen LogP contribution < -0.4 is 20.5 Å². The van der Waals surface area contributed by atoms with Gasteiger partial charge in [-0.3, -0.25) is 9.59 Å². The molecule has 0 spiro atoms. The molecule has 1 aromatic carbocycles. The van der Waals surface area contributed by atoms with E-state index in [0.717, 1.165) is 10.0 Å². The maximum absolute atomic E-state index is 11.6. The average Bonchev–Trinajstić information content (AvgIpc) is 2.47. The van der Waals surface area contributed by atoms with Crippen LogP contribution in [0, 0.1) is 0 Å². The molecule has 1 aromatic rings. The quantitative estimate of drug-likeness (QED) is 0.623. The van der Waals surface area contributed by atoms with Crippen LogP contribution in [0.5, 0.6) is 11.5 Å². The number of nitrogens with two attached hydrogens (primary N) is 1. The Morgan fingerprint density at radius 3 is 2.50 bits per heavy atom. The second-order valence-corrected chi connectivity index (χ2v) is 5.40. The van der Waals surface area contributed by atoms with Gasteiger partial charge < -0.3 is 25.6 Å². The predicted octanol–water partition coefficient (Wildman–Crippen LogP) is 0.927. The molecule has 0 saturated heterocycles. The lowest BCUT2D eigenvalue weighted by Crippen LogP contribution is -2.42. The number of hydrogen-bond acceptors (Lipinski definition) is 5. The topological polar surface area (TPSA) is 111 Å². The maximum atomic E-state index is 11.6. The third-order valence-electron chi connectivity index (χ3n) is 2.98. The number of carbonyl (C=O) groups excluding carboxylic acids is 1. The SMILES string of the molecule is COc1cc(CCNC(=O)[C@@H](N)CC(=O)O)c(OC)cc1Br. The Bertz CT molecular complexity index is 550. The summed E-state index contributed by atoms with van der Waals surface area (Å²) in [4.78, 5) is 22.1. The highest BCUT2D eigenvalue weighted by Gasteiger charge is 2.17. The Morgan fingerprint density at radius 2 is 1.95 bits per heavy atom. The number of amides is 1.